The van der Waals surface area contributed by atoms with Gasteiger partial charge in [-0.3, -0.25) is 0 Å². The Hall–Kier alpha value is -2.62. The molecule has 0 N–H and O–H groups in total. The van der Waals surface area contributed by atoms with E-state index in [2.05, 4.69) is 0 Å². The predicted octanol–water partition coefficient (Wildman–Crippen LogP) is 3.89. The minimum absolute atomic E-state index is 0.0484. The Morgan fingerprint density at radius 3 is 2.39 bits per heavy atom. The summed E-state index contributed by atoms with van der Waals surface area (Å²) in [4.78, 5) is 12.4. The van der Waals surface area contributed by atoms with E-state index < -0.39 is 11.5 Å². The number of halogens is 3. The second kappa shape index (κ2) is 5.54. The van der Waals surface area contributed by atoms with Gasteiger partial charge in [-0.05, 0) is 30.3 Å². The van der Waals surface area contributed by atoms with Gasteiger partial charge < -0.3 is 9.94 Å². The van der Waals surface area contributed by atoms with E-state index in [0.29, 0.717) is 9.16 Å². The van der Waals surface area contributed by atoms with E-state index in [9.17, 15) is 19.8 Å². The molecule has 8 heteroatoms. The molecule has 0 spiro atoms. The molecule has 0 fully saturated rings. The molecular formula is C15H6Cl2FN3O2. The van der Waals surface area contributed by atoms with Crippen LogP contribution in [-0.4, -0.2) is 4.73 Å². The molecule has 0 atom stereocenters. The van der Waals surface area contributed by atoms with Crippen LogP contribution in [0, 0.1) is 27.3 Å². The molecular weight excluding hydrogens is 344 g/mol. The number of benzene rings is 2. The van der Waals surface area contributed by atoms with Crippen LogP contribution in [0.5, 0.6) is 0 Å². The van der Waals surface area contributed by atoms with Gasteiger partial charge in [0.05, 0.1) is 14.5 Å². The van der Waals surface area contributed by atoms with Crippen LogP contribution in [0.1, 0.15) is 5.69 Å². The van der Waals surface area contributed by atoms with Crippen LogP contribution in [0.15, 0.2) is 36.4 Å². The Balaban J connectivity index is 2.49. The molecule has 23 heavy (non-hydrogen) atoms. The first-order valence-electron chi connectivity index (χ1n) is 6.28. The molecule has 0 radical (unpaired) electrons. The highest BCUT2D eigenvalue weighted by Gasteiger charge is 2.24. The fourth-order valence-electron chi connectivity index (χ4n) is 2.24. The molecule has 0 saturated carbocycles. The summed E-state index contributed by atoms with van der Waals surface area (Å²) in [6.07, 6.45) is 0. The van der Waals surface area contributed by atoms with Crippen LogP contribution >= 0.6 is 23.2 Å². The molecule has 0 saturated heterocycles. The highest BCUT2D eigenvalue weighted by atomic mass is 35.5. The van der Waals surface area contributed by atoms with Gasteiger partial charge in [-0.25, -0.2) is 4.39 Å². The van der Waals surface area contributed by atoms with Crippen LogP contribution in [0.25, 0.3) is 22.3 Å². The minimum atomic E-state index is -0.504. The summed E-state index contributed by atoms with van der Waals surface area (Å²) in [6, 6.07) is 9.04. The number of hydrogen-bond donors (Lipinski definition) is 0. The van der Waals surface area contributed by atoms with Gasteiger partial charge in [0, 0.05) is 16.5 Å². The number of rotatable bonds is 1. The van der Waals surface area contributed by atoms with E-state index in [4.69, 9.17) is 23.2 Å². The fraction of sp³-hybridized carbons (Fsp3) is 0. The van der Waals surface area contributed by atoms with E-state index in [1.807, 2.05) is 0 Å². The maximum Gasteiger partial charge on any atom is 0.363 e. The quantitative estimate of drug-likeness (QED) is 0.625. The zero-order valence-electron chi connectivity index (χ0n) is 11.3. The summed E-state index contributed by atoms with van der Waals surface area (Å²) in [5.74, 6) is -0.504. The van der Waals surface area contributed by atoms with E-state index in [1.165, 1.54) is 24.3 Å². The Bertz CT molecular complexity index is 1040. The second-order valence-corrected chi connectivity index (χ2v) is 5.47. The Morgan fingerprint density at radius 1 is 1.17 bits per heavy atom. The van der Waals surface area contributed by atoms with Crippen molar-refractivity contribution in [3.8, 4) is 17.3 Å². The van der Waals surface area contributed by atoms with Crippen molar-refractivity contribution < 1.29 is 8.82 Å². The van der Waals surface area contributed by atoms with Gasteiger partial charge in [-0.15, -0.1) is 0 Å². The van der Waals surface area contributed by atoms with Crippen molar-refractivity contribution in [1.29, 1.82) is 5.26 Å². The van der Waals surface area contributed by atoms with Crippen molar-refractivity contribution in [2.24, 2.45) is 0 Å². The minimum Gasteiger partial charge on any atom is -0.805 e. The number of nitriles is 1. The molecule has 114 valence electrons. The van der Waals surface area contributed by atoms with Gasteiger partial charge in [0.15, 0.2) is 6.07 Å². The molecule has 2 aromatic carbocycles. The highest BCUT2D eigenvalue weighted by molar-refractivity contribution is 6.42. The first-order valence-corrected chi connectivity index (χ1v) is 7.03. The van der Waals surface area contributed by atoms with Crippen LogP contribution in [0.2, 0.25) is 10.0 Å². The Morgan fingerprint density at radius 2 is 1.78 bits per heavy atom. The molecule has 1 heterocycles. The fourth-order valence-corrected chi connectivity index (χ4v) is 2.56. The summed E-state index contributed by atoms with van der Waals surface area (Å²) < 4.78 is 13.8. The normalized spacial score (nSPS) is 10.7. The molecule has 1 aromatic heterocycles. The third-order valence-corrected chi connectivity index (χ3v) is 4.03. The maximum atomic E-state index is 13.1. The first-order chi connectivity index (χ1) is 10.9. The zero-order valence-corrected chi connectivity index (χ0v) is 12.8. The topological polar surface area (TPSA) is 74.8 Å². The molecule has 0 bridgehead atoms. The molecule has 3 rings (SSSR count). The van der Waals surface area contributed by atoms with E-state index in [0.717, 1.165) is 12.1 Å². The molecule has 0 aliphatic heterocycles. The van der Waals surface area contributed by atoms with Gasteiger partial charge >= 0.3 is 5.69 Å². The van der Waals surface area contributed by atoms with Crippen molar-refractivity contribution in [3.63, 3.8) is 0 Å². The largest absolute Gasteiger partial charge is 0.805 e. The van der Waals surface area contributed by atoms with E-state index >= 15 is 0 Å². The van der Waals surface area contributed by atoms with Crippen LogP contribution < -0.4 is 4.43 Å². The summed E-state index contributed by atoms with van der Waals surface area (Å²) >= 11 is 11.8. The monoisotopic (exact) mass is 349 g/mol. The number of fused-ring (bicyclic) bond motifs is 1. The van der Waals surface area contributed by atoms with Crippen molar-refractivity contribution in [2.75, 3.05) is 0 Å². The molecule has 0 unspecified atom stereocenters. The molecule has 0 aliphatic rings. The van der Waals surface area contributed by atoms with Gasteiger partial charge in [0.25, 0.3) is 5.52 Å². The average molecular weight is 350 g/mol. The zero-order chi connectivity index (χ0) is 16.7. The number of aromatic nitrogens is 2. The average Bonchev–Trinajstić information content (AvgIpc) is 2.53. The smallest absolute Gasteiger partial charge is 0.363 e. The lowest BCUT2D eigenvalue weighted by molar-refractivity contribution is -0.467. The van der Waals surface area contributed by atoms with Crippen molar-refractivity contribution in [2.45, 2.75) is 0 Å². The molecule has 0 amide bonds. The first kappa shape index (κ1) is 15.3. The standard InChI is InChI=1S/C15H6Cl2FN3O2/c16-10-5-12-13(6-11(10)17)21(23)15(14(7-19)20(12)22)8-1-3-9(18)4-2-8/h1-6H. The lowest BCUT2D eigenvalue weighted by Gasteiger charge is -2.18. The van der Waals surface area contributed by atoms with Gasteiger partial charge in [0.2, 0.25) is 0 Å². The van der Waals surface area contributed by atoms with Crippen molar-refractivity contribution in [1.82, 2.24) is 4.73 Å². The second-order valence-electron chi connectivity index (χ2n) is 4.66. The lowest BCUT2D eigenvalue weighted by Crippen LogP contribution is -2.25. The summed E-state index contributed by atoms with van der Waals surface area (Å²) in [5.41, 5.74) is -0.508. The third kappa shape index (κ3) is 2.40. The molecule has 3 aromatic rings. The Kier molecular flexibility index (Phi) is 3.68. The van der Waals surface area contributed by atoms with Crippen LogP contribution in [0.3, 0.4) is 0 Å². The molecule has 0 aliphatic carbocycles. The number of hydrogen-bond acceptors (Lipinski definition) is 3. The summed E-state index contributed by atoms with van der Waals surface area (Å²) in [5, 5.41) is 22.1. The Labute approximate surface area is 138 Å². The molecule has 5 nitrogen and oxygen atoms in total. The summed E-state index contributed by atoms with van der Waals surface area (Å²) in [7, 11) is 0. The number of nitrogens with zero attached hydrogens (tertiary/aromatic N) is 3. The van der Waals surface area contributed by atoms with Crippen LogP contribution in [-0.2, 0) is 0 Å². The van der Waals surface area contributed by atoms with E-state index in [1.54, 1.807) is 6.07 Å². The SMILES string of the molecule is N#Cc1c(-c2ccc(F)cc2)n([O-])c2cc(Cl)c(Cl)cc2[n+]1=O. The maximum absolute atomic E-state index is 13.1. The van der Waals surface area contributed by atoms with E-state index in [-0.39, 0.29) is 32.3 Å². The van der Waals surface area contributed by atoms with Gasteiger partial charge in [-0.2, -0.15) is 5.26 Å². The van der Waals surface area contributed by atoms with Crippen LogP contribution in [0.4, 0.5) is 4.39 Å². The van der Waals surface area contributed by atoms with Gasteiger partial charge in [-0.1, -0.05) is 23.2 Å². The van der Waals surface area contributed by atoms with Gasteiger partial charge in [0.1, 0.15) is 17.0 Å². The van der Waals surface area contributed by atoms with Crippen molar-refractivity contribution in [3.05, 3.63) is 68.1 Å². The lowest BCUT2D eigenvalue weighted by atomic mass is 10.1. The van der Waals surface area contributed by atoms with Crippen molar-refractivity contribution >= 4 is 34.2 Å². The third-order valence-electron chi connectivity index (χ3n) is 3.31. The highest BCUT2D eigenvalue weighted by Crippen LogP contribution is 2.30. The summed E-state index contributed by atoms with van der Waals surface area (Å²) in [6.45, 7) is 0. The predicted molar refractivity (Wildman–Crippen MR) is 84.2 cm³/mol.